The summed E-state index contributed by atoms with van der Waals surface area (Å²) >= 11 is 0. The maximum Gasteiger partial charge on any atom is 0.128 e. The molecule has 2 saturated carbocycles. The highest BCUT2D eigenvalue weighted by molar-refractivity contribution is 5.05. The topological polar surface area (TPSA) is 25.8 Å². The molecular weight excluding hydrogens is 316 g/mol. The van der Waals surface area contributed by atoms with Crippen molar-refractivity contribution in [2.45, 2.75) is 104 Å². The minimum Gasteiger partial charge on any atom is -0.241 e. The molecule has 0 aliphatic heterocycles. The van der Waals surface area contributed by atoms with Crippen molar-refractivity contribution in [3.8, 4) is 0 Å². The van der Waals surface area contributed by atoms with Crippen LogP contribution in [0.3, 0.4) is 0 Å². The predicted octanol–water partition coefficient (Wildman–Crippen LogP) is 6.77. The van der Waals surface area contributed by atoms with Crippen LogP contribution in [0.25, 0.3) is 0 Å². The van der Waals surface area contributed by atoms with E-state index >= 15 is 0 Å². The molecule has 3 rings (SSSR count). The first-order chi connectivity index (χ1) is 12.8. The summed E-state index contributed by atoms with van der Waals surface area (Å²) in [6.07, 6.45) is 23.5. The lowest BCUT2D eigenvalue weighted by molar-refractivity contribution is 0.141. The maximum absolute atomic E-state index is 4.58. The second kappa shape index (κ2) is 10.4. The quantitative estimate of drug-likeness (QED) is 0.513. The molecule has 0 bridgehead atoms. The fourth-order valence-electron chi connectivity index (χ4n) is 5.57. The van der Waals surface area contributed by atoms with Gasteiger partial charge in [-0.15, -0.1) is 0 Å². The highest BCUT2D eigenvalue weighted by Gasteiger charge is 2.30. The fourth-order valence-corrected chi connectivity index (χ4v) is 5.57. The summed E-state index contributed by atoms with van der Waals surface area (Å²) in [5.74, 6) is 5.12. The van der Waals surface area contributed by atoms with Gasteiger partial charge in [0.1, 0.15) is 5.82 Å². The van der Waals surface area contributed by atoms with Gasteiger partial charge in [-0.25, -0.2) is 9.97 Å². The van der Waals surface area contributed by atoms with E-state index in [2.05, 4.69) is 23.8 Å². The first kappa shape index (κ1) is 19.8. The normalized spacial score (nSPS) is 29.6. The van der Waals surface area contributed by atoms with E-state index in [0.29, 0.717) is 0 Å². The first-order valence-corrected chi connectivity index (χ1v) is 11.6. The van der Waals surface area contributed by atoms with Crippen LogP contribution in [0.5, 0.6) is 0 Å². The molecule has 0 aromatic carbocycles. The molecule has 1 aromatic rings. The van der Waals surface area contributed by atoms with Gasteiger partial charge in [-0.2, -0.15) is 0 Å². The zero-order chi connectivity index (χ0) is 18.2. The number of hydrogen-bond acceptors (Lipinski definition) is 2. The minimum absolute atomic E-state index is 0.918. The van der Waals surface area contributed by atoms with Crippen molar-refractivity contribution in [3.63, 3.8) is 0 Å². The van der Waals surface area contributed by atoms with Gasteiger partial charge in [0.15, 0.2) is 0 Å². The van der Waals surface area contributed by atoms with Crippen LogP contribution >= 0.6 is 0 Å². The van der Waals surface area contributed by atoms with Gasteiger partial charge in [0, 0.05) is 18.8 Å². The van der Waals surface area contributed by atoms with E-state index in [1.807, 2.05) is 12.4 Å². The number of rotatable bonds is 8. The number of nitrogens with zero attached hydrogens (tertiary/aromatic N) is 2. The number of aromatic nitrogens is 2. The Morgan fingerprint density at radius 1 is 0.692 bits per heavy atom. The van der Waals surface area contributed by atoms with Crippen molar-refractivity contribution in [1.29, 1.82) is 0 Å². The molecule has 0 atom stereocenters. The molecular formula is C24H40N2. The van der Waals surface area contributed by atoms with E-state index in [1.54, 1.807) is 0 Å². The van der Waals surface area contributed by atoms with Gasteiger partial charge < -0.3 is 0 Å². The molecule has 0 unspecified atom stereocenters. The van der Waals surface area contributed by atoms with Gasteiger partial charge >= 0.3 is 0 Å². The third-order valence-corrected chi connectivity index (χ3v) is 7.22. The van der Waals surface area contributed by atoms with Crippen LogP contribution < -0.4 is 0 Å². The Hall–Kier alpha value is -0.920. The molecule has 0 radical (unpaired) electrons. The molecule has 2 heteroatoms. The summed E-state index contributed by atoms with van der Waals surface area (Å²) in [4.78, 5) is 9.16. The van der Waals surface area contributed by atoms with Crippen molar-refractivity contribution in [3.05, 3.63) is 23.8 Å². The fraction of sp³-hybridized carbons (Fsp3) is 0.833. The molecule has 146 valence electrons. The summed E-state index contributed by atoms with van der Waals surface area (Å²) in [6.45, 7) is 4.55. The smallest absolute Gasteiger partial charge is 0.128 e. The van der Waals surface area contributed by atoms with Crippen molar-refractivity contribution in [2.75, 3.05) is 0 Å². The Balaban J connectivity index is 1.35. The lowest BCUT2D eigenvalue weighted by Gasteiger charge is -2.38. The van der Waals surface area contributed by atoms with Crippen molar-refractivity contribution >= 4 is 0 Å². The molecule has 1 heterocycles. The third-order valence-electron chi connectivity index (χ3n) is 7.22. The second-order valence-electron chi connectivity index (χ2n) is 9.15. The minimum atomic E-state index is 0.918. The molecule has 0 saturated heterocycles. The Morgan fingerprint density at radius 2 is 1.23 bits per heavy atom. The molecule has 0 spiro atoms. The number of aryl methyl sites for hydroxylation is 2. The van der Waals surface area contributed by atoms with Crippen molar-refractivity contribution < 1.29 is 0 Å². The molecule has 26 heavy (non-hydrogen) atoms. The van der Waals surface area contributed by atoms with Crippen LogP contribution in [-0.2, 0) is 12.8 Å². The monoisotopic (exact) mass is 356 g/mol. The summed E-state index contributed by atoms with van der Waals surface area (Å²) < 4.78 is 0. The second-order valence-corrected chi connectivity index (χ2v) is 9.15. The van der Waals surface area contributed by atoms with E-state index < -0.39 is 0 Å². The van der Waals surface area contributed by atoms with Gasteiger partial charge in [0.2, 0.25) is 0 Å². The summed E-state index contributed by atoms with van der Waals surface area (Å²) in [7, 11) is 0. The van der Waals surface area contributed by atoms with E-state index in [4.69, 9.17) is 0 Å². The Kier molecular flexibility index (Phi) is 7.95. The highest BCUT2D eigenvalue weighted by Crippen LogP contribution is 2.42. The van der Waals surface area contributed by atoms with Crippen LogP contribution in [0.15, 0.2) is 12.4 Å². The molecule has 2 fully saturated rings. The lowest BCUT2D eigenvalue weighted by atomic mass is 9.68. The molecule has 2 aliphatic carbocycles. The van der Waals surface area contributed by atoms with Crippen LogP contribution in [0.1, 0.15) is 102 Å². The Bertz CT molecular complexity index is 493. The van der Waals surface area contributed by atoms with E-state index in [9.17, 15) is 0 Å². The average Bonchev–Trinajstić information content (AvgIpc) is 2.69. The number of hydrogen-bond donors (Lipinski definition) is 0. The van der Waals surface area contributed by atoms with Crippen LogP contribution in [0.4, 0.5) is 0 Å². The Morgan fingerprint density at radius 3 is 1.73 bits per heavy atom. The molecule has 2 aliphatic rings. The predicted molar refractivity (Wildman–Crippen MR) is 110 cm³/mol. The van der Waals surface area contributed by atoms with Gasteiger partial charge in [-0.1, -0.05) is 58.8 Å². The van der Waals surface area contributed by atoms with Crippen LogP contribution in [0, 0.1) is 23.7 Å². The van der Waals surface area contributed by atoms with Gasteiger partial charge in [0.25, 0.3) is 0 Å². The van der Waals surface area contributed by atoms with Crippen molar-refractivity contribution in [2.24, 2.45) is 23.7 Å². The van der Waals surface area contributed by atoms with Crippen LogP contribution in [0.2, 0.25) is 0 Å². The van der Waals surface area contributed by atoms with E-state index in [1.165, 1.54) is 82.6 Å². The lowest BCUT2D eigenvalue weighted by Crippen LogP contribution is -2.26. The standard InChI is InChI=1S/C24H40N2/c1-3-5-19-7-12-22(13-8-19)23-14-9-20(10-15-23)11-16-24-25-17-21(6-4-2)18-26-24/h17-20,22-23H,3-16H2,1-2H3/t19-,20-,22-,23-. The molecule has 1 aromatic heterocycles. The van der Waals surface area contributed by atoms with Gasteiger partial charge in [0.05, 0.1) is 0 Å². The molecule has 0 N–H and O–H groups in total. The summed E-state index contributed by atoms with van der Waals surface area (Å²) in [5.41, 5.74) is 1.28. The zero-order valence-corrected chi connectivity index (χ0v) is 17.3. The third kappa shape index (κ3) is 5.79. The SMILES string of the molecule is CCCc1cnc(CC[C@H]2CC[C@H]([C@H]3CC[C@H](CCC)CC3)CC2)nc1. The zero-order valence-electron chi connectivity index (χ0n) is 17.3. The first-order valence-electron chi connectivity index (χ1n) is 11.6. The van der Waals surface area contributed by atoms with E-state index in [0.717, 1.165) is 42.3 Å². The largest absolute Gasteiger partial charge is 0.241 e. The van der Waals surface area contributed by atoms with Crippen molar-refractivity contribution in [1.82, 2.24) is 9.97 Å². The Labute approximate surface area is 161 Å². The molecule has 2 nitrogen and oxygen atoms in total. The van der Waals surface area contributed by atoms with Gasteiger partial charge in [-0.3, -0.25) is 0 Å². The van der Waals surface area contributed by atoms with Gasteiger partial charge in [-0.05, 0) is 67.8 Å². The maximum atomic E-state index is 4.58. The van der Waals surface area contributed by atoms with Crippen LogP contribution in [-0.4, -0.2) is 9.97 Å². The summed E-state index contributed by atoms with van der Waals surface area (Å²) in [5, 5.41) is 0. The van der Waals surface area contributed by atoms with E-state index in [-0.39, 0.29) is 0 Å². The highest BCUT2D eigenvalue weighted by atomic mass is 14.9. The summed E-state index contributed by atoms with van der Waals surface area (Å²) in [6, 6.07) is 0. The average molecular weight is 357 g/mol. The molecule has 0 amide bonds.